The molecule has 4 aliphatic rings. The van der Waals surface area contributed by atoms with Crippen LogP contribution >= 0.6 is 0 Å². The zero-order valence-electron chi connectivity index (χ0n) is 59.9. The quantitative estimate of drug-likeness (QED) is 0.126. The molecule has 2 aliphatic carbocycles. The summed E-state index contributed by atoms with van der Waals surface area (Å²) in [5.74, 6) is 3.60. The van der Waals surface area contributed by atoms with E-state index in [9.17, 15) is 0 Å². The Morgan fingerprint density at radius 2 is 0.555 bits per heavy atom. The van der Waals surface area contributed by atoms with Crippen molar-refractivity contribution in [2.75, 3.05) is 0 Å². The lowest BCUT2D eigenvalue weighted by Crippen LogP contribution is -2.32. The van der Waals surface area contributed by atoms with E-state index in [-0.39, 0.29) is 0 Å². The highest BCUT2D eigenvalue weighted by Gasteiger charge is 2.54. The summed E-state index contributed by atoms with van der Waals surface area (Å²) in [7, 11) is 0. The molecule has 0 bridgehead atoms. The van der Waals surface area contributed by atoms with Gasteiger partial charge in [-0.1, -0.05) is 346 Å². The van der Waals surface area contributed by atoms with Crippen LogP contribution in [0.5, 0.6) is 23.0 Å². The lowest BCUT2D eigenvalue weighted by Gasteiger charge is -2.39. The summed E-state index contributed by atoms with van der Waals surface area (Å²) in [6.45, 7) is 0. The smallest absolute Gasteiger partial charge is 0.132 e. The third-order valence-electron chi connectivity index (χ3n) is 24.4. The van der Waals surface area contributed by atoms with E-state index in [2.05, 4.69) is 400 Å². The van der Waals surface area contributed by atoms with Crippen molar-refractivity contribution in [1.29, 1.82) is 0 Å². The van der Waals surface area contributed by atoms with Crippen molar-refractivity contribution in [2.45, 2.75) is 10.8 Å². The van der Waals surface area contributed by atoms with Crippen LogP contribution in [0.25, 0.3) is 153 Å². The Kier molecular flexibility index (Phi) is 13.6. The molecule has 0 atom stereocenters. The van der Waals surface area contributed by atoms with Crippen molar-refractivity contribution < 1.29 is 9.47 Å². The molecule has 0 saturated carbocycles. The first-order chi connectivity index (χ1) is 54.6. The fraction of sp³-hybridized carbons (Fsp3) is 0.0185. The first kappa shape index (κ1) is 62.1. The molecule has 20 aromatic carbocycles. The Bertz CT molecular complexity index is 7180. The van der Waals surface area contributed by atoms with Gasteiger partial charge in [-0.05, 0) is 230 Å². The van der Waals surface area contributed by atoms with Crippen molar-refractivity contribution in [3.63, 3.8) is 0 Å². The summed E-state index contributed by atoms with van der Waals surface area (Å²) >= 11 is 0. The van der Waals surface area contributed by atoms with Gasteiger partial charge in [0.2, 0.25) is 0 Å². The van der Waals surface area contributed by atoms with Crippen LogP contribution in [0.3, 0.4) is 0 Å². The molecule has 0 aromatic heterocycles. The number of hydrogen-bond acceptors (Lipinski definition) is 2. The molecule has 0 saturated heterocycles. The van der Waals surface area contributed by atoms with E-state index in [1.807, 2.05) is 0 Å². The summed E-state index contributed by atoms with van der Waals surface area (Å²) in [4.78, 5) is 0. The second-order valence-corrected chi connectivity index (χ2v) is 29.8. The van der Waals surface area contributed by atoms with E-state index in [4.69, 9.17) is 9.47 Å². The minimum Gasteiger partial charge on any atom is -0.457 e. The number of hydrogen-bond donors (Lipinski definition) is 0. The average Bonchev–Trinajstić information content (AvgIpc) is 1.50. The molecule has 110 heavy (non-hydrogen) atoms. The predicted octanol–water partition coefficient (Wildman–Crippen LogP) is 28.7. The van der Waals surface area contributed by atoms with Crippen LogP contribution in [-0.4, -0.2) is 0 Å². The molecular weight excluding hydrogens is 1330 g/mol. The Morgan fingerprint density at radius 1 is 0.155 bits per heavy atom. The van der Waals surface area contributed by atoms with Gasteiger partial charge in [0.25, 0.3) is 0 Å². The van der Waals surface area contributed by atoms with E-state index >= 15 is 0 Å². The molecule has 2 aliphatic heterocycles. The van der Waals surface area contributed by atoms with Crippen LogP contribution in [0, 0.1) is 0 Å². The first-order valence-electron chi connectivity index (χ1n) is 38.2. The summed E-state index contributed by atoms with van der Waals surface area (Å²) in [6.07, 6.45) is 0. The van der Waals surface area contributed by atoms with E-state index in [1.54, 1.807) is 0 Å². The molecule has 2 heteroatoms. The third-order valence-corrected chi connectivity index (χ3v) is 24.4. The molecule has 2 heterocycles. The van der Waals surface area contributed by atoms with Gasteiger partial charge in [-0.15, -0.1) is 0 Å². The highest BCUT2D eigenvalue weighted by Crippen LogP contribution is 2.68. The lowest BCUT2D eigenvalue weighted by atomic mass is 9.65. The molecule has 0 unspecified atom stereocenters. The van der Waals surface area contributed by atoms with Gasteiger partial charge in [0.05, 0.1) is 10.8 Å². The van der Waals surface area contributed by atoms with Crippen LogP contribution in [0.2, 0.25) is 0 Å². The van der Waals surface area contributed by atoms with Crippen LogP contribution in [-0.2, 0) is 10.8 Å². The topological polar surface area (TPSA) is 18.5 Å². The highest BCUT2D eigenvalue weighted by molar-refractivity contribution is 6.27. The van der Waals surface area contributed by atoms with Crippen LogP contribution in [0.1, 0.15) is 44.5 Å². The number of rotatable bonds is 5. The maximum Gasteiger partial charge on any atom is 0.132 e. The third kappa shape index (κ3) is 8.87. The molecule has 510 valence electrons. The van der Waals surface area contributed by atoms with E-state index in [1.165, 1.54) is 198 Å². The predicted molar refractivity (Wildman–Crippen MR) is 457 cm³/mol. The van der Waals surface area contributed by atoms with Gasteiger partial charge < -0.3 is 9.47 Å². The number of ether oxygens (including phenoxy) is 2. The monoisotopic (exact) mass is 1390 g/mol. The SMILES string of the molecule is c1ccc(-c2c3ccccc3c(-c3ccccc3)c3c4c(ccc23)C2(c3ccccc3Oc3ccccc32)c2cc(-c3ccc5ccccc5c3)ccc2-4)cc1.c1ccc(-c2cc3ccccc3c3c4c(ccc23)C2(c3ccccc3Oc3ccccc32)c2cc(-c3ccc5ccccc5c3)c3ccccc3c2-4)cc1. The second-order valence-electron chi connectivity index (χ2n) is 29.8. The maximum atomic E-state index is 6.78. The molecular formula is C108H66O2. The molecule has 2 nitrogen and oxygen atoms in total. The Labute approximate surface area is 637 Å². The van der Waals surface area contributed by atoms with Crippen LogP contribution < -0.4 is 9.47 Å². The minimum atomic E-state index is -0.621. The van der Waals surface area contributed by atoms with Gasteiger partial charge >= 0.3 is 0 Å². The summed E-state index contributed by atoms with van der Waals surface area (Å²) < 4.78 is 13.6. The molecule has 0 fully saturated rings. The van der Waals surface area contributed by atoms with E-state index in [0.717, 1.165) is 23.0 Å². The largest absolute Gasteiger partial charge is 0.457 e. The zero-order valence-corrected chi connectivity index (χ0v) is 59.9. The standard InChI is InChI=1S/C55H34O.C53H32O/c1-3-16-36(17-4-1)51-41-21-9-10-22-42(41)52(37-18-5-2-6-19-37)54-44(51)31-32-47-53(54)43-30-29-40(39-28-27-35-15-7-8-20-38(35)33-39)34-48(43)55(47)45-23-11-13-25-49(45)56-50-26-14-12-24-46(50)55;1-2-15-34(16-3-1)42-31-36-18-6-7-19-38(36)50-41(42)28-29-46-52(50)51-40-21-9-8-20-39(40)43(37-27-26-33-14-4-5-17-35(33)30-37)32-47(51)53(46)44-22-10-12-24-48(44)54-49-25-13-11-23-45(49)53/h1-34H;1-32H. The van der Waals surface area contributed by atoms with Gasteiger partial charge in [0.1, 0.15) is 23.0 Å². The van der Waals surface area contributed by atoms with E-state index < -0.39 is 10.8 Å². The van der Waals surface area contributed by atoms with Crippen molar-refractivity contribution >= 4 is 75.4 Å². The molecule has 24 rings (SSSR count). The Morgan fingerprint density at radius 3 is 1.14 bits per heavy atom. The summed E-state index contributed by atoms with van der Waals surface area (Å²) in [5.41, 5.74) is 26.0. The van der Waals surface area contributed by atoms with Gasteiger partial charge in [-0.3, -0.25) is 0 Å². The number of benzene rings is 20. The molecule has 2 spiro atoms. The summed E-state index contributed by atoms with van der Waals surface area (Å²) in [5, 5.41) is 17.6. The Hall–Kier alpha value is -14.2. The van der Waals surface area contributed by atoms with Gasteiger partial charge in [-0.2, -0.15) is 0 Å². The number of fused-ring (bicyclic) bond motifs is 29. The van der Waals surface area contributed by atoms with Gasteiger partial charge in [-0.25, -0.2) is 0 Å². The molecule has 0 radical (unpaired) electrons. The molecule has 0 amide bonds. The van der Waals surface area contributed by atoms with Crippen molar-refractivity contribution in [2.24, 2.45) is 0 Å². The van der Waals surface area contributed by atoms with Gasteiger partial charge in [0.15, 0.2) is 0 Å². The lowest BCUT2D eigenvalue weighted by molar-refractivity contribution is 0.436. The first-order valence-corrected chi connectivity index (χ1v) is 38.2. The number of para-hydroxylation sites is 4. The fourth-order valence-electron chi connectivity index (χ4n) is 19.9. The molecule has 20 aromatic rings. The van der Waals surface area contributed by atoms with Crippen molar-refractivity contribution in [1.82, 2.24) is 0 Å². The Balaban J connectivity index is 0.000000132. The minimum absolute atomic E-state index is 0.621. The highest BCUT2D eigenvalue weighted by atomic mass is 16.5. The summed E-state index contributed by atoms with van der Waals surface area (Å²) in [6, 6.07) is 147. The van der Waals surface area contributed by atoms with Crippen molar-refractivity contribution in [3.05, 3.63) is 445 Å². The normalized spacial score (nSPS) is 13.4. The zero-order chi connectivity index (χ0) is 72.2. The second kappa shape index (κ2) is 24.2. The maximum absolute atomic E-state index is 6.78. The van der Waals surface area contributed by atoms with Crippen LogP contribution in [0.4, 0.5) is 0 Å². The van der Waals surface area contributed by atoms with Crippen LogP contribution in [0.15, 0.2) is 400 Å². The molecule has 0 N–H and O–H groups in total. The fourth-order valence-corrected chi connectivity index (χ4v) is 19.9. The average molecular weight is 1400 g/mol. The van der Waals surface area contributed by atoms with Crippen molar-refractivity contribution in [3.8, 4) is 101 Å². The van der Waals surface area contributed by atoms with E-state index in [0.29, 0.717) is 0 Å². The van der Waals surface area contributed by atoms with Gasteiger partial charge in [0, 0.05) is 22.3 Å².